The van der Waals surface area contributed by atoms with Gasteiger partial charge in [0.25, 0.3) is 11.8 Å². The normalized spacial score (nSPS) is 11.2. The fraction of sp³-hybridized carbons (Fsp3) is 0.0417. The summed E-state index contributed by atoms with van der Waals surface area (Å²) in [6.45, 7) is 0. The number of carbonyl (C=O) groups is 2. The summed E-state index contributed by atoms with van der Waals surface area (Å²) in [6.07, 6.45) is 2.72. The van der Waals surface area contributed by atoms with Gasteiger partial charge in [0, 0.05) is 17.2 Å². The molecule has 8 heteroatoms. The van der Waals surface area contributed by atoms with Crippen LogP contribution in [0.2, 0.25) is 0 Å². The lowest BCUT2D eigenvalue weighted by atomic mass is 10.1. The number of ether oxygens (including phenoxy) is 1. The summed E-state index contributed by atoms with van der Waals surface area (Å²) in [5.74, 6) is -0.772. The van der Waals surface area contributed by atoms with Gasteiger partial charge in [-0.05, 0) is 48.0 Å². The molecule has 0 bridgehead atoms. The molecule has 3 aromatic carbocycles. The third-order valence-electron chi connectivity index (χ3n) is 4.34. The van der Waals surface area contributed by atoms with Crippen molar-refractivity contribution in [1.29, 1.82) is 0 Å². The van der Waals surface area contributed by atoms with Gasteiger partial charge in [-0.3, -0.25) is 9.59 Å². The van der Waals surface area contributed by atoms with Crippen LogP contribution in [0.5, 0.6) is 17.2 Å². The maximum absolute atomic E-state index is 12.7. The van der Waals surface area contributed by atoms with Crippen LogP contribution in [-0.2, 0) is 4.79 Å². The summed E-state index contributed by atoms with van der Waals surface area (Å²) < 4.78 is 5.13. The third kappa shape index (κ3) is 5.96. The first kappa shape index (κ1) is 22.1. The van der Waals surface area contributed by atoms with Crippen LogP contribution in [0.4, 0.5) is 0 Å². The Balaban J connectivity index is 1.81. The number of methoxy groups -OCH3 is 1. The largest absolute Gasteiger partial charge is 0.508 e. The van der Waals surface area contributed by atoms with Crippen LogP contribution in [0.3, 0.4) is 0 Å². The number of hydrazone groups is 1. The smallest absolute Gasteiger partial charge is 0.287 e. The fourth-order valence-electron chi connectivity index (χ4n) is 2.67. The van der Waals surface area contributed by atoms with E-state index < -0.39 is 11.8 Å². The standard InChI is InChI=1S/C24H21N3O5/c1-32-20-11-7-16(8-12-20)13-21(26-23(30)17-5-3-2-4-6-17)24(31)27-25-15-18-9-10-19(28)14-22(18)29/h2-15,28-29H,1H3,(H,26,30)(H,27,31). The number of phenolic OH excluding ortho intramolecular Hbond substituents is 2. The van der Waals surface area contributed by atoms with E-state index in [9.17, 15) is 19.8 Å². The van der Waals surface area contributed by atoms with Gasteiger partial charge >= 0.3 is 0 Å². The Morgan fingerprint density at radius 3 is 2.34 bits per heavy atom. The van der Waals surface area contributed by atoms with Crippen LogP contribution in [0.15, 0.2) is 83.6 Å². The lowest BCUT2D eigenvalue weighted by Gasteiger charge is -2.09. The summed E-state index contributed by atoms with van der Waals surface area (Å²) in [5.41, 5.74) is 3.62. The molecule has 0 aliphatic heterocycles. The Bertz CT molecular complexity index is 1160. The fourth-order valence-corrected chi connectivity index (χ4v) is 2.67. The molecule has 0 aromatic heterocycles. The van der Waals surface area contributed by atoms with Crippen molar-refractivity contribution >= 4 is 24.1 Å². The number of hydrogen-bond donors (Lipinski definition) is 4. The molecular weight excluding hydrogens is 410 g/mol. The average Bonchev–Trinajstić information content (AvgIpc) is 2.81. The maximum atomic E-state index is 12.7. The Kier molecular flexibility index (Phi) is 7.21. The van der Waals surface area contributed by atoms with Crippen molar-refractivity contribution in [1.82, 2.24) is 10.7 Å². The second-order valence-corrected chi connectivity index (χ2v) is 6.59. The summed E-state index contributed by atoms with van der Waals surface area (Å²) >= 11 is 0. The molecule has 0 unspecified atom stereocenters. The summed E-state index contributed by atoms with van der Waals surface area (Å²) in [7, 11) is 1.55. The zero-order valence-electron chi connectivity index (χ0n) is 17.1. The highest BCUT2D eigenvalue weighted by Crippen LogP contribution is 2.20. The van der Waals surface area contributed by atoms with Crippen molar-refractivity contribution in [3.63, 3.8) is 0 Å². The first-order chi connectivity index (χ1) is 15.5. The molecule has 32 heavy (non-hydrogen) atoms. The minimum atomic E-state index is -0.667. The van der Waals surface area contributed by atoms with E-state index in [-0.39, 0.29) is 22.8 Å². The van der Waals surface area contributed by atoms with E-state index in [0.717, 1.165) is 6.07 Å². The van der Waals surface area contributed by atoms with Gasteiger partial charge in [-0.15, -0.1) is 0 Å². The molecule has 0 spiro atoms. The van der Waals surface area contributed by atoms with Crippen molar-refractivity contribution in [3.05, 3.63) is 95.2 Å². The van der Waals surface area contributed by atoms with Gasteiger partial charge in [0.2, 0.25) is 0 Å². The monoisotopic (exact) mass is 431 g/mol. The predicted molar refractivity (Wildman–Crippen MR) is 120 cm³/mol. The number of rotatable bonds is 7. The number of carbonyl (C=O) groups excluding carboxylic acids is 2. The molecule has 0 heterocycles. The molecule has 4 N–H and O–H groups in total. The number of hydrogen-bond acceptors (Lipinski definition) is 6. The summed E-state index contributed by atoms with van der Waals surface area (Å²) in [4.78, 5) is 25.3. The molecule has 0 saturated heterocycles. The number of aromatic hydroxyl groups is 2. The molecule has 2 amide bonds. The quantitative estimate of drug-likeness (QED) is 0.260. The van der Waals surface area contributed by atoms with Gasteiger partial charge in [-0.25, -0.2) is 5.43 Å². The zero-order valence-corrected chi connectivity index (χ0v) is 17.1. The van der Waals surface area contributed by atoms with Crippen LogP contribution in [-0.4, -0.2) is 35.4 Å². The molecule has 3 rings (SSSR count). The topological polar surface area (TPSA) is 120 Å². The number of amides is 2. The molecule has 8 nitrogen and oxygen atoms in total. The third-order valence-corrected chi connectivity index (χ3v) is 4.34. The molecule has 0 fully saturated rings. The van der Waals surface area contributed by atoms with Crippen molar-refractivity contribution < 1.29 is 24.5 Å². The van der Waals surface area contributed by atoms with Crippen LogP contribution >= 0.6 is 0 Å². The average molecular weight is 431 g/mol. The second kappa shape index (κ2) is 10.4. The van der Waals surface area contributed by atoms with E-state index in [1.165, 1.54) is 24.4 Å². The molecule has 0 aliphatic carbocycles. The van der Waals surface area contributed by atoms with E-state index in [1.807, 2.05) is 0 Å². The van der Waals surface area contributed by atoms with Crippen LogP contribution in [0.1, 0.15) is 21.5 Å². The highest BCUT2D eigenvalue weighted by molar-refractivity contribution is 6.05. The first-order valence-corrected chi connectivity index (χ1v) is 9.54. The highest BCUT2D eigenvalue weighted by Gasteiger charge is 2.14. The zero-order chi connectivity index (χ0) is 22.9. The van der Waals surface area contributed by atoms with E-state index in [2.05, 4.69) is 15.8 Å². The van der Waals surface area contributed by atoms with Gasteiger partial charge in [0.05, 0.1) is 13.3 Å². The van der Waals surface area contributed by atoms with Crippen LogP contribution in [0, 0.1) is 0 Å². The number of nitrogens with zero attached hydrogens (tertiary/aromatic N) is 1. The minimum absolute atomic E-state index is 0.0314. The Hall–Kier alpha value is -4.59. The van der Waals surface area contributed by atoms with Gasteiger partial charge in [0.1, 0.15) is 22.9 Å². The molecular formula is C24H21N3O5. The SMILES string of the molecule is COc1ccc(C=C(NC(=O)c2ccccc2)C(=O)NN=Cc2ccc(O)cc2O)cc1. The maximum Gasteiger partial charge on any atom is 0.287 e. The van der Waals surface area contributed by atoms with Crippen molar-refractivity contribution in [3.8, 4) is 17.2 Å². The van der Waals surface area contributed by atoms with Gasteiger partial charge in [0.15, 0.2) is 0 Å². The summed E-state index contributed by atoms with van der Waals surface area (Å²) in [5, 5.41) is 25.6. The number of benzene rings is 3. The van der Waals surface area contributed by atoms with Gasteiger partial charge in [-0.1, -0.05) is 30.3 Å². The van der Waals surface area contributed by atoms with E-state index in [4.69, 9.17) is 4.74 Å². The van der Waals surface area contributed by atoms with Gasteiger partial charge < -0.3 is 20.3 Å². The molecule has 3 aromatic rings. The minimum Gasteiger partial charge on any atom is -0.508 e. The molecule has 0 radical (unpaired) electrons. The van der Waals surface area contributed by atoms with Crippen LogP contribution < -0.4 is 15.5 Å². The highest BCUT2D eigenvalue weighted by atomic mass is 16.5. The molecule has 0 atom stereocenters. The second-order valence-electron chi connectivity index (χ2n) is 6.59. The van der Waals surface area contributed by atoms with E-state index in [1.54, 1.807) is 61.7 Å². The molecule has 0 saturated carbocycles. The Labute approximate surface area is 184 Å². The lowest BCUT2D eigenvalue weighted by molar-refractivity contribution is -0.117. The van der Waals surface area contributed by atoms with Crippen molar-refractivity contribution in [2.24, 2.45) is 5.10 Å². The Morgan fingerprint density at radius 2 is 1.69 bits per heavy atom. The Morgan fingerprint density at radius 1 is 0.969 bits per heavy atom. The first-order valence-electron chi connectivity index (χ1n) is 9.54. The van der Waals surface area contributed by atoms with Crippen molar-refractivity contribution in [2.75, 3.05) is 7.11 Å². The number of nitrogens with one attached hydrogen (secondary N) is 2. The van der Waals surface area contributed by atoms with E-state index in [0.29, 0.717) is 16.9 Å². The lowest BCUT2D eigenvalue weighted by Crippen LogP contribution is -2.32. The van der Waals surface area contributed by atoms with Crippen LogP contribution in [0.25, 0.3) is 6.08 Å². The molecule has 0 aliphatic rings. The molecule has 162 valence electrons. The van der Waals surface area contributed by atoms with Crippen molar-refractivity contribution in [2.45, 2.75) is 0 Å². The number of phenols is 2. The summed E-state index contributed by atoms with van der Waals surface area (Å²) in [6, 6.07) is 19.4. The van der Waals surface area contributed by atoms with E-state index >= 15 is 0 Å². The van der Waals surface area contributed by atoms with Gasteiger partial charge in [-0.2, -0.15) is 5.10 Å². The predicted octanol–water partition coefficient (Wildman–Crippen LogP) is 3.03.